The lowest BCUT2D eigenvalue weighted by atomic mass is 10.1. The first-order valence-electron chi connectivity index (χ1n) is 16.1. The summed E-state index contributed by atoms with van der Waals surface area (Å²) in [6, 6.07) is 20.2. The number of phenolic OH excluding ortho intramolecular Hbond substituents is 1. The molecule has 0 bridgehead atoms. The largest absolute Gasteiger partial charge is 0.497 e. The minimum absolute atomic E-state index is 0.143. The molecule has 53 heavy (non-hydrogen) atoms. The average molecular weight is 723 g/mol. The molecule has 6 rings (SSSR count). The molecule has 0 saturated carbocycles. The van der Waals surface area contributed by atoms with Crippen molar-refractivity contribution in [1.29, 1.82) is 0 Å². The highest BCUT2D eigenvalue weighted by molar-refractivity contribution is 6.04. The van der Waals surface area contributed by atoms with E-state index >= 15 is 0 Å². The van der Waals surface area contributed by atoms with Gasteiger partial charge in [0.1, 0.15) is 0 Å². The number of aromatic hydroxyl groups is 1. The maximum Gasteiger partial charge on any atom is 0.324 e. The maximum atomic E-state index is 12.9. The van der Waals surface area contributed by atoms with Gasteiger partial charge in [-0.2, -0.15) is 0 Å². The second-order valence-corrected chi connectivity index (χ2v) is 12.0. The SMILES string of the molecule is Cc1ccc(NC(=O)c2ccc(CN3CCN(C)CC3)cc2)cc1Nc1nccc(-c2cccnc2)n1.O=[N+]([O-])c1cc([N+](=O)[O-])c(O)c([N+](=O)[O-])c1. The van der Waals surface area contributed by atoms with Crippen molar-refractivity contribution >= 4 is 40.3 Å². The van der Waals surface area contributed by atoms with Gasteiger partial charge in [-0.15, -0.1) is 0 Å². The molecule has 18 nitrogen and oxygen atoms in total. The summed E-state index contributed by atoms with van der Waals surface area (Å²) in [5, 5.41) is 46.5. The third kappa shape index (κ3) is 9.87. The Balaban J connectivity index is 0.000000285. The van der Waals surface area contributed by atoms with Gasteiger partial charge in [0, 0.05) is 73.8 Å². The Bertz CT molecular complexity index is 2090. The predicted octanol–water partition coefficient (Wildman–Crippen LogP) is 5.71. The zero-order valence-electron chi connectivity index (χ0n) is 28.6. The molecule has 0 unspecified atom stereocenters. The van der Waals surface area contributed by atoms with Crippen molar-refractivity contribution in [2.24, 2.45) is 0 Å². The number of amides is 1. The van der Waals surface area contributed by atoms with Crippen LogP contribution in [-0.4, -0.2) is 83.8 Å². The number of non-ortho nitro benzene ring substituents is 1. The van der Waals surface area contributed by atoms with Crippen molar-refractivity contribution < 1.29 is 24.7 Å². The zero-order valence-corrected chi connectivity index (χ0v) is 28.6. The van der Waals surface area contributed by atoms with E-state index in [4.69, 9.17) is 5.11 Å². The molecule has 5 aromatic rings. The zero-order chi connectivity index (χ0) is 38.1. The molecule has 1 fully saturated rings. The summed E-state index contributed by atoms with van der Waals surface area (Å²) >= 11 is 0. The lowest BCUT2D eigenvalue weighted by Gasteiger charge is -2.32. The number of aryl methyl sites for hydroxylation is 1. The van der Waals surface area contributed by atoms with E-state index in [1.807, 2.05) is 67.6 Å². The molecule has 18 heteroatoms. The minimum atomic E-state index is -1.21. The molecule has 3 aromatic carbocycles. The molecule has 0 radical (unpaired) electrons. The minimum Gasteiger partial charge on any atom is -0.497 e. The summed E-state index contributed by atoms with van der Waals surface area (Å²) in [5.74, 6) is -0.875. The van der Waals surface area contributed by atoms with Crippen molar-refractivity contribution in [2.45, 2.75) is 13.5 Å². The van der Waals surface area contributed by atoms with Crippen LogP contribution in [0.3, 0.4) is 0 Å². The van der Waals surface area contributed by atoms with Crippen LogP contribution in [0.1, 0.15) is 21.5 Å². The van der Waals surface area contributed by atoms with Crippen LogP contribution in [0.25, 0.3) is 11.3 Å². The number of aromatic nitrogens is 3. The number of carbonyl (C=O) groups is 1. The number of nitro groups is 3. The van der Waals surface area contributed by atoms with E-state index in [0.717, 1.165) is 55.2 Å². The predicted molar refractivity (Wildman–Crippen MR) is 195 cm³/mol. The van der Waals surface area contributed by atoms with E-state index in [0.29, 0.717) is 29.3 Å². The van der Waals surface area contributed by atoms with Gasteiger partial charge in [-0.1, -0.05) is 18.2 Å². The number of hydrogen-bond donors (Lipinski definition) is 3. The number of nitrogens with one attached hydrogen (secondary N) is 2. The van der Waals surface area contributed by atoms with Gasteiger partial charge in [-0.25, -0.2) is 9.97 Å². The van der Waals surface area contributed by atoms with E-state index in [1.165, 1.54) is 5.56 Å². The van der Waals surface area contributed by atoms with Crippen LogP contribution in [0.5, 0.6) is 5.75 Å². The number of hydrogen-bond acceptors (Lipinski definition) is 14. The lowest BCUT2D eigenvalue weighted by Crippen LogP contribution is -2.43. The second-order valence-electron chi connectivity index (χ2n) is 12.0. The Morgan fingerprint density at radius 1 is 0.868 bits per heavy atom. The van der Waals surface area contributed by atoms with Crippen LogP contribution in [0, 0.1) is 37.3 Å². The number of rotatable bonds is 10. The standard InChI is InChI=1S/C29H31N7O.C6H3N3O7/c1-21-5-10-25(18-27(21)34-29-31-13-11-26(33-29)24-4-3-12-30-19-24)32-28(37)23-8-6-22(7-9-23)20-36-16-14-35(2)15-17-36;10-6-4(8(13)14)1-3(7(11)12)2-5(6)9(15)16/h3-13,18-19H,14-17,20H2,1-2H3,(H,32,37)(H,31,33,34);1-2,10H. The number of pyridine rings is 1. The fourth-order valence-electron chi connectivity index (χ4n) is 5.25. The Labute approximate surface area is 302 Å². The van der Waals surface area contributed by atoms with Gasteiger partial charge in [-0.3, -0.25) is 45.0 Å². The molecule has 272 valence electrons. The summed E-state index contributed by atoms with van der Waals surface area (Å²) in [6.45, 7) is 7.24. The summed E-state index contributed by atoms with van der Waals surface area (Å²) in [7, 11) is 2.16. The maximum absolute atomic E-state index is 12.9. The second kappa shape index (κ2) is 16.9. The molecule has 0 spiro atoms. The van der Waals surface area contributed by atoms with Crippen LogP contribution in [0.15, 0.2) is 91.4 Å². The van der Waals surface area contributed by atoms with Gasteiger partial charge in [0.25, 0.3) is 17.3 Å². The van der Waals surface area contributed by atoms with E-state index in [2.05, 4.69) is 42.4 Å². The average Bonchev–Trinajstić information content (AvgIpc) is 3.14. The van der Waals surface area contributed by atoms with Gasteiger partial charge >= 0.3 is 11.4 Å². The number of phenols is 1. The van der Waals surface area contributed by atoms with Crippen LogP contribution in [0.4, 0.5) is 34.4 Å². The summed E-state index contributed by atoms with van der Waals surface area (Å²) in [5.41, 5.74) is 3.08. The lowest BCUT2D eigenvalue weighted by molar-refractivity contribution is -0.404. The molecule has 0 atom stereocenters. The normalized spacial score (nSPS) is 12.9. The van der Waals surface area contributed by atoms with E-state index in [-0.39, 0.29) is 5.91 Å². The first-order chi connectivity index (χ1) is 25.4. The molecule has 0 aliphatic carbocycles. The van der Waals surface area contributed by atoms with Crippen molar-refractivity contribution in [2.75, 3.05) is 43.9 Å². The smallest absolute Gasteiger partial charge is 0.324 e. The monoisotopic (exact) mass is 722 g/mol. The molecule has 3 heterocycles. The Morgan fingerprint density at radius 2 is 1.55 bits per heavy atom. The van der Waals surface area contributed by atoms with Gasteiger partial charge in [0.05, 0.1) is 32.6 Å². The van der Waals surface area contributed by atoms with Crippen molar-refractivity contribution in [3.05, 3.63) is 138 Å². The van der Waals surface area contributed by atoms with Gasteiger partial charge in [-0.05, 0) is 67.6 Å². The highest BCUT2D eigenvalue weighted by Gasteiger charge is 2.30. The summed E-state index contributed by atoms with van der Waals surface area (Å²) in [6.07, 6.45) is 5.22. The number of nitro benzene ring substituents is 3. The highest BCUT2D eigenvalue weighted by Crippen LogP contribution is 2.39. The number of anilines is 3. The quantitative estimate of drug-likeness (QED) is 0.116. The first-order valence-corrected chi connectivity index (χ1v) is 16.1. The van der Waals surface area contributed by atoms with Crippen LogP contribution in [0.2, 0.25) is 0 Å². The van der Waals surface area contributed by atoms with Gasteiger partial charge < -0.3 is 20.6 Å². The molecule has 3 N–H and O–H groups in total. The Kier molecular flexibility index (Phi) is 11.9. The summed E-state index contributed by atoms with van der Waals surface area (Å²) < 4.78 is 0. The van der Waals surface area contributed by atoms with E-state index in [9.17, 15) is 35.1 Å². The third-order valence-corrected chi connectivity index (χ3v) is 8.23. The van der Waals surface area contributed by atoms with Crippen LogP contribution >= 0.6 is 0 Å². The number of nitrogens with zero attached hydrogens (tertiary/aromatic N) is 8. The molecule has 1 amide bonds. The molecule has 1 saturated heterocycles. The molecular weight excluding hydrogens is 688 g/mol. The van der Waals surface area contributed by atoms with Crippen LogP contribution in [-0.2, 0) is 6.54 Å². The third-order valence-electron chi connectivity index (χ3n) is 8.23. The molecule has 2 aromatic heterocycles. The van der Waals surface area contributed by atoms with Gasteiger partial charge in [0.15, 0.2) is 0 Å². The Hall–Kier alpha value is -6.92. The number of likely N-dealkylation sites (N-methyl/N-ethyl adjacent to an activating group) is 1. The van der Waals surface area contributed by atoms with Crippen molar-refractivity contribution in [3.8, 4) is 17.0 Å². The van der Waals surface area contributed by atoms with Gasteiger partial charge in [0.2, 0.25) is 5.95 Å². The van der Waals surface area contributed by atoms with E-state index in [1.54, 1.807) is 18.6 Å². The molecular formula is C35H34N10O8. The number of benzene rings is 3. The number of carbonyl (C=O) groups excluding carboxylic acids is 1. The van der Waals surface area contributed by atoms with Crippen molar-refractivity contribution in [1.82, 2.24) is 24.8 Å². The fraction of sp³-hybridized carbons (Fsp3) is 0.200. The van der Waals surface area contributed by atoms with Crippen LogP contribution < -0.4 is 10.6 Å². The molecule has 1 aliphatic heterocycles. The topological polar surface area (TPSA) is 236 Å². The number of piperazine rings is 1. The Morgan fingerprint density at radius 3 is 2.15 bits per heavy atom. The fourth-order valence-corrected chi connectivity index (χ4v) is 5.25. The summed E-state index contributed by atoms with van der Waals surface area (Å²) in [4.78, 5) is 58.6. The van der Waals surface area contributed by atoms with Crippen molar-refractivity contribution in [3.63, 3.8) is 0 Å². The van der Waals surface area contributed by atoms with E-state index < -0.39 is 37.6 Å². The highest BCUT2D eigenvalue weighted by atomic mass is 16.6. The first kappa shape index (κ1) is 37.3. The molecule has 1 aliphatic rings.